The molecule has 2 bridgehead atoms. The molecule has 0 amide bonds. The molecule has 2 aliphatic carbocycles. The Hall–Kier alpha value is -0.330. The number of hydrogen-bond acceptors (Lipinski definition) is 1. The van der Waals surface area contributed by atoms with E-state index in [1.807, 2.05) is 7.05 Å². The van der Waals surface area contributed by atoms with Gasteiger partial charge in [-0.15, -0.1) is 0 Å². The van der Waals surface area contributed by atoms with Gasteiger partial charge in [-0.25, -0.2) is 0 Å². The summed E-state index contributed by atoms with van der Waals surface area (Å²) in [6, 6.07) is 0. The van der Waals surface area contributed by atoms with Crippen LogP contribution in [-0.4, -0.2) is 12.8 Å². The van der Waals surface area contributed by atoms with E-state index in [0.717, 1.165) is 5.92 Å². The second-order valence-electron chi connectivity index (χ2n) is 5.16. The Morgan fingerprint density at radius 1 is 1.33 bits per heavy atom. The van der Waals surface area contributed by atoms with E-state index in [4.69, 9.17) is 0 Å². The van der Waals surface area contributed by atoms with Crippen LogP contribution in [-0.2, 0) is 0 Å². The molecule has 1 heteroatoms. The molecule has 2 saturated carbocycles. The van der Waals surface area contributed by atoms with Crippen molar-refractivity contribution in [2.75, 3.05) is 7.05 Å². The van der Waals surface area contributed by atoms with Gasteiger partial charge in [0.25, 0.3) is 0 Å². The zero-order valence-electron chi connectivity index (χ0n) is 8.65. The van der Waals surface area contributed by atoms with E-state index in [1.165, 1.54) is 25.0 Å². The average Bonchev–Trinajstić information content (AvgIpc) is 2.34. The van der Waals surface area contributed by atoms with Crippen molar-refractivity contribution in [2.45, 2.75) is 40.0 Å². The van der Waals surface area contributed by atoms with Gasteiger partial charge in [0.2, 0.25) is 0 Å². The summed E-state index contributed by atoms with van der Waals surface area (Å²) >= 11 is 0. The molecule has 0 aromatic carbocycles. The first-order valence-electron chi connectivity index (χ1n) is 4.98. The highest BCUT2D eigenvalue weighted by Gasteiger charge is 2.59. The molecule has 2 unspecified atom stereocenters. The SMILES string of the molecule is CN=C1CC2CCC1(C)C2(C)C. The van der Waals surface area contributed by atoms with Gasteiger partial charge in [-0.1, -0.05) is 20.8 Å². The van der Waals surface area contributed by atoms with Gasteiger partial charge >= 0.3 is 0 Å². The van der Waals surface area contributed by atoms with Crippen LogP contribution in [0.15, 0.2) is 4.99 Å². The molecular weight excluding hydrogens is 146 g/mol. The first kappa shape index (κ1) is 8.28. The van der Waals surface area contributed by atoms with E-state index in [2.05, 4.69) is 25.8 Å². The van der Waals surface area contributed by atoms with Gasteiger partial charge in [-0.05, 0) is 30.6 Å². The third kappa shape index (κ3) is 0.681. The molecule has 0 N–H and O–H groups in total. The summed E-state index contributed by atoms with van der Waals surface area (Å²) in [5, 5.41) is 0. The second kappa shape index (κ2) is 2.12. The average molecular weight is 165 g/mol. The highest BCUT2D eigenvalue weighted by Crippen LogP contribution is 2.63. The van der Waals surface area contributed by atoms with Crippen molar-refractivity contribution in [1.29, 1.82) is 0 Å². The van der Waals surface area contributed by atoms with Crippen LogP contribution < -0.4 is 0 Å². The van der Waals surface area contributed by atoms with Crippen molar-refractivity contribution in [1.82, 2.24) is 0 Å². The number of aliphatic imine (C=N–C) groups is 1. The number of hydrogen-bond donors (Lipinski definition) is 0. The van der Waals surface area contributed by atoms with Crippen LogP contribution in [0.5, 0.6) is 0 Å². The second-order valence-corrected chi connectivity index (χ2v) is 5.16. The van der Waals surface area contributed by atoms with Gasteiger partial charge in [0, 0.05) is 18.2 Å². The Morgan fingerprint density at radius 2 is 2.00 bits per heavy atom. The quantitative estimate of drug-likeness (QED) is 0.523. The summed E-state index contributed by atoms with van der Waals surface area (Å²) < 4.78 is 0. The fourth-order valence-corrected chi connectivity index (χ4v) is 3.27. The summed E-state index contributed by atoms with van der Waals surface area (Å²) in [7, 11) is 1.96. The monoisotopic (exact) mass is 165 g/mol. The molecule has 12 heavy (non-hydrogen) atoms. The van der Waals surface area contributed by atoms with Crippen LogP contribution in [0.4, 0.5) is 0 Å². The van der Waals surface area contributed by atoms with Gasteiger partial charge in [-0.2, -0.15) is 0 Å². The van der Waals surface area contributed by atoms with Crippen molar-refractivity contribution < 1.29 is 0 Å². The Kier molecular flexibility index (Phi) is 1.47. The van der Waals surface area contributed by atoms with E-state index in [1.54, 1.807) is 0 Å². The molecule has 1 nitrogen and oxygen atoms in total. The molecule has 0 spiro atoms. The Balaban J connectivity index is 2.46. The fraction of sp³-hybridized carbons (Fsp3) is 0.909. The predicted octanol–water partition coefficient (Wildman–Crippen LogP) is 2.90. The van der Waals surface area contributed by atoms with Crippen molar-refractivity contribution in [3.8, 4) is 0 Å². The lowest BCUT2D eigenvalue weighted by Crippen LogP contribution is -2.32. The van der Waals surface area contributed by atoms with Gasteiger partial charge in [0.05, 0.1) is 0 Å². The van der Waals surface area contributed by atoms with Crippen LogP contribution in [0.3, 0.4) is 0 Å². The minimum absolute atomic E-state index is 0.423. The topological polar surface area (TPSA) is 12.4 Å². The third-order valence-electron chi connectivity index (χ3n) is 4.78. The molecule has 0 radical (unpaired) electrons. The van der Waals surface area contributed by atoms with Gasteiger partial charge in [-0.3, -0.25) is 4.99 Å². The Labute approximate surface area is 75.3 Å². The van der Waals surface area contributed by atoms with Gasteiger partial charge in [0.15, 0.2) is 0 Å². The van der Waals surface area contributed by atoms with Crippen molar-refractivity contribution >= 4 is 5.71 Å². The molecule has 0 aromatic heterocycles. The van der Waals surface area contributed by atoms with Crippen LogP contribution in [0, 0.1) is 16.7 Å². The number of fused-ring (bicyclic) bond motifs is 2. The van der Waals surface area contributed by atoms with E-state index in [9.17, 15) is 0 Å². The zero-order valence-corrected chi connectivity index (χ0v) is 8.65. The van der Waals surface area contributed by atoms with Gasteiger partial charge < -0.3 is 0 Å². The minimum atomic E-state index is 0.423. The minimum Gasteiger partial charge on any atom is -0.297 e. The standard InChI is InChI=1S/C11H19N/c1-10(2)8-5-6-11(10,3)9(7-8)12-4/h8H,5-7H2,1-4H3. The van der Waals surface area contributed by atoms with Crippen molar-refractivity contribution in [3.63, 3.8) is 0 Å². The molecule has 0 heterocycles. The molecule has 2 aliphatic rings. The highest BCUT2D eigenvalue weighted by atomic mass is 14.8. The number of rotatable bonds is 0. The first-order valence-corrected chi connectivity index (χ1v) is 4.98. The lowest BCUT2D eigenvalue weighted by atomic mass is 9.70. The van der Waals surface area contributed by atoms with Crippen molar-refractivity contribution in [3.05, 3.63) is 0 Å². The third-order valence-corrected chi connectivity index (χ3v) is 4.78. The van der Waals surface area contributed by atoms with E-state index in [0.29, 0.717) is 10.8 Å². The van der Waals surface area contributed by atoms with E-state index >= 15 is 0 Å². The van der Waals surface area contributed by atoms with Gasteiger partial charge in [0.1, 0.15) is 0 Å². The molecule has 2 atom stereocenters. The summed E-state index contributed by atoms with van der Waals surface area (Å²) in [5.74, 6) is 0.904. The summed E-state index contributed by atoms with van der Waals surface area (Å²) in [6.45, 7) is 7.24. The van der Waals surface area contributed by atoms with E-state index in [-0.39, 0.29) is 0 Å². The smallest absolute Gasteiger partial charge is 0.0276 e. The lowest BCUT2D eigenvalue weighted by molar-refractivity contribution is 0.194. The fourth-order valence-electron chi connectivity index (χ4n) is 3.27. The van der Waals surface area contributed by atoms with Crippen LogP contribution in [0.2, 0.25) is 0 Å². The molecule has 2 rings (SSSR count). The normalized spacial score (nSPS) is 47.3. The predicted molar refractivity (Wildman–Crippen MR) is 52.6 cm³/mol. The van der Waals surface area contributed by atoms with Crippen LogP contribution in [0.25, 0.3) is 0 Å². The summed E-state index contributed by atoms with van der Waals surface area (Å²) in [4.78, 5) is 4.45. The van der Waals surface area contributed by atoms with E-state index < -0.39 is 0 Å². The summed E-state index contributed by atoms with van der Waals surface area (Å²) in [5.41, 5.74) is 2.40. The molecule has 68 valence electrons. The van der Waals surface area contributed by atoms with Crippen molar-refractivity contribution in [2.24, 2.45) is 21.7 Å². The largest absolute Gasteiger partial charge is 0.297 e. The zero-order chi connectivity index (χ0) is 8.98. The highest BCUT2D eigenvalue weighted by molar-refractivity contribution is 5.94. The number of nitrogens with zero attached hydrogens (tertiary/aromatic N) is 1. The molecule has 0 saturated heterocycles. The maximum absolute atomic E-state index is 4.45. The molecular formula is C11H19N. The van der Waals surface area contributed by atoms with Crippen LogP contribution in [0.1, 0.15) is 40.0 Å². The maximum Gasteiger partial charge on any atom is 0.0276 e. The maximum atomic E-state index is 4.45. The molecule has 0 aliphatic heterocycles. The molecule has 0 aromatic rings. The van der Waals surface area contributed by atoms with Crippen LogP contribution >= 0.6 is 0 Å². The lowest BCUT2D eigenvalue weighted by Gasteiger charge is -2.34. The molecule has 2 fully saturated rings. The summed E-state index contributed by atoms with van der Waals surface area (Å²) in [6.07, 6.45) is 4.04. The Morgan fingerprint density at radius 3 is 2.25 bits per heavy atom. The Bertz CT molecular complexity index is 239. The first-order chi connectivity index (χ1) is 5.52.